The molecule has 47 heavy (non-hydrogen) atoms. The molecule has 0 aliphatic heterocycles. The summed E-state index contributed by atoms with van der Waals surface area (Å²) in [4.78, 5) is 0. The number of para-hydroxylation sites is 3. The van der Waals surface area contributed by atoms with Gasteiger partial charge in [-0.15, -0.1) is 0 Å². The van der Waals surface area contributed by atoms with Crippen molar-refractivity contribution in [3.8, 4) is 16.8 Å². The van der Waals surface area contributed by atoms with Crippen LogP contribution in [0, 0.1) is 11.8 Å². The monoisotopic (exact) mass is 600 g/mol. The van der Waals surface area contributed by atoms with E-state index in [-0.39, 0.29) is 0 Å². The Morgan fingerprint density at radius 2 is 1.23 bits per heavy atom. The summed E-state index contributed by atoms with van der Waals surface area (Å²) >= 11 is 0. The first kappa shape index (κ1) is 26.4. The van der Waals surface area contributed by atoms with Gasteiger partial charge in [0, 0.05) is 44.4 Å². The largest absolute Gasteiger partial charge is 0.309 e. The van der Waals surface area contributed by atoms with Gasteiger partial charge in [0.25, 0.3) is 0 Å². The lowest BCUT2D eigenvalue weighted by Gasteiger charge is -2.27. The number of hydrogen-bond acceptors (Lipinski definition) is 0. The smallest absolute Gasteiger partial charge is 0.0625 e. The van der Waals surface area contributed by atoms with E-state index in [0.717, 1.165) is 0 Å². The molecule has 0 bridgehead atoms. The van der Waals surface area contributed by atoms with E-state index in [1.54, 1.807) is 0 Å². The standard InChI is InChI=1S/C45H32N2/c1-29-12-11-14-30-22-24-34(28-39(29)30)47-42-21-10-8-19-37(42)40-26-31-13-5-6-17-35(31)44(45(40)47)32-23-25-38-36-18-7-9-20-41(36)46(43(38)27-32)33-15-3-2-4-16-33/h2-29,39H,1H3. The summed E-state index contributed by atoms with van der Waals surface area (Å²) in [6.07, 6.45) is 13.9. The summed E-state index contributed by atoms with van der Waals surface area (Å²) < 4.78 is 4.95. The maximum atomic E-state index is 2.53. The van der Waals surface area contributed by atoms with Crippen LogP contribution in [0.4, 0.5) is 0 Å². The summed E-state index contributed by atoms with van der Waals surface area (Å²) in [6, 6.07) is 46.8. The van der Waals surface area contributed by atoms with Crippen LogP contribution < -0.4 is 0 Å². The Kier molecular flexibility index (Phi) is 5.65. The Hall–Kier alpha value is -5.86. The lowest BCUT2D eigenvalue weighted by Crippen LogP contribution is -2.15. The van der Waals surface area contributed by atoms with Crippen molar-refractivity contribution in [2.24, 2.45) is 11.8 Å². The fraction of sp³-hybridized carbons (Fsp3) is 0.0667. The summed E-state index contributed by atoms with van der Waals surface area (Å²) in [7, 11) is 0. The minimum atomic E-state index is 0.359. The Balaban J connectivity index is 1.34. The van der Waals surface area contributed by atoms with E-state index in [2.05, 4.69) is 180 Å². The highest BCUT2D eigenvalue weighted by Gasteiger charge is 2.25. The predicted molar refractivity (Wildman–Crippen MR) is 200 cm³/mol. The van der Waals surface area contributed by atoms with E-state index in [1.807, 2.05) is 0 Å². The predicted octanol–water partition coefficient (Wildman–Crippen LogP) is 11.9. The Bertz CT molecular complexity index is 2690. The number of fused-ring (bicyclic) bond motifs is 8. The SMILES string of the molecule is CC1C=CC=C2C=CC(n3c4ccccc4c4cc5ccccc5c(-c5ccc6c7ccccc7n(-c7ccccc7)c6c5)c43)=CC21. The van der Waals surface area contributed by atoms with E-state index in [9.17, 15) is 0 Å². The zero-order chi connectivity index (χ0) is 31.1. The minimum absolute atomic E-state index is 0.359. The molecular formula is C45H32N2. The van der Waals surface area contributed by atoms with E-state index < -0.39 is 0 Å². The molecule has 0 spiro atoms. The van der Waals surface area contributed by atoms with Crippen LogP contribution in [0.1, 0.15) is 6.92 Å². The molecule has 2 nitrogen and oxygen atoms in total. The molecule has 222 valence electrons. The number of nitrogens with zero attached hydrogens (tertiary/aromatic N) is 2. The van der Waals surface area contributed by atoms with E-state index in [0.29, 0.717) is 11.8 Å². The molecule has 0 saturated heterocycles. The van der Waals surface area contributed by atoms with Crippen molar-refractivity contribution >= 4 is 60.1 Å². The zero-order valence-corrected chi connectivity index (χ0v) is 26.1. The molecule has 0 amide bonds. The molecule has 0 fully saturated rings. The molecular weight excluding hydrogens is 569 g/mol. The first-order chi connectivity index (χ1) is 23.2. The molecule has 2 aliphatic rings. The van der Waals surface area contributed by atoms with Gasteiger partial charge < -0.3 is 9.13 Å². The van der Waals surface area contributed by atoms with Gasteiger partial charge >= 0.3 is 0 Å². The van der Waals surface area contributed by atoms with E-state index >= 15 is 0 Å². The average molecular weight is 601 g/mol. The van der Waals surface area contributed by atoms with Gasteiger partial charge in [0.2, 0.25) is 0 Å². The van der Waals surface area contributed by atoms with Crippen molar-refractivity contribution in [1.29, 1.82) is 0 Å². The molecule has 10 rings (SSSR count). The maximum absolute atomic E-state index is 2.53. The van der Waals surface area contributed by atoms with Crippen LogP contribution in [0.15, 0.2) is 169 Å². The van der Waals surface area contributed by atoms with Crippen LogP contribution in [0.5, 0.6) is 0 Å². The third-order valence-electron chi connectivity index (χ3n) is 10.4. The Labute approximate surface area is 273 Å². The molecule has 6 aromatic carbocycles. The average Bonchev–Trinajstić information content (AvgIpc) is 3.63. The quantitative estimate of drug-likeness (QED) is 0.191. The van der Waals surface area contributed by atoms with Gasteiger partial charge in [-0.25, -0.2) is 0 Å². The molecule has 0 N–H and O–H groups in total. The van der Waals surface area contributed by atoms with Gasteiger partial charge in [-0.2, -0.15) is 0 Å². The zero-order valence-electron chi connectivity index (χ0n) is 26.1. The van der Waals surface area contributed by atoms with Crippen molar-refractivity contribution in [3.05, 3.63) is 169 Å². The van der Waals surface area contributed by atoms with Crippen LogP contribution in [0.2, 0.25) is 0 Å². The first-order valence-corrected chi connectivity index (χ1v) is 16.6. The molecule has 2 heteroatoms. The lowest BCUT2D eigenvalue weighted by molar-refractivity contribution is 0.583. The molecule has 2 atom stereocenters. The summed E-state index contributed by atoms with van der Waals surface area (Å²) in [5, 5.41) is 7.62. The van der Waals surface area contributed by atoms with Crippen LogP contribution in [0.3, 0.4) is 0 Å². The van der Waals surface area contributed by atoms with E-state index in [4.69, 9.17) is 0 Å². The van der Waals surface area contributed by atoms with Crippen LogP contribution >= 0.6 is 0 Å². The van der Waals surface area contributed by atoms with E-state index in [1.165, 1.54) is 82.5 Å². The normalized spacial score (nSPS) is 17.6. The Morgan fingerprint density at radius 3 is 2.06 bits per heavy atom. The number of hydrogen-bond donors (Lipinski definition) is 0. The molecule has 8 aromatic rings. The van der Waals surface area contributed by atoms with Crippen molar-refractivity contribution in [1.82, 2.24) is 9.13 Å². The van der Waals surface area contributed by atoms with Gasteiger partial charge in [0.1, 0.15) is 0 Å². The molecule has 0 radical (unpaired) electrons. The molecule has 0 saturated carbocycles. The van der Waals surface area contributed by atoms with Crippen LogP contribution in [0.25, 0.3) is 76.9 Å². The highest BCUT2D eigenvalue weighted by atomic mass is 15.0. The molecule has 2 unspecified atom stereocenters. The third kappa shape index (κ3) is 3.85. The minimum Gasteiger partial charge on any atom is -0.309 e. The second kappa shape index (κ2) is 10.1. The fourth-order valence-electron chi connectivity index (χ4n) is 8.19. The van der Waals surface area contributed by atoms with Crippen molar-refractivity contribution in [2.75, 3.05) is 0 Å². The van der Waals surface area contributed by atoms with Crippen molar-refractivity contribution < 1.29 is 0 Å². The van der Waals surface area contributed by atoms with Gasteiger partial charge in [-0.3, -0.25) is 0 Å². The van der Waals surface area contributed by atoms with Gasteiger partial charge in [0.05, 0.1) is 22.1 Å². The van der Waals surface area contributed by atoms with Crippen LogP contribution in [-0.4, -0.2) is 9.13 Å². The molecule has 2 aliphatic carbocycles. The molecule has 2 heterocycles. The van der Waals surface area contributed by atoms with Gasteiger partial charge in [-0.05, 0) is 70.3 Å². The lowest BCUT2D eigenvalue weighted by atomic mass is 9.80. The highest BCUT2D eigenvalue weighted by molar-refractivity contribution is 6.22. The first-order valence-electron chi connectivity index (χ1n) is 16.6. The number of rotatable bonds is 3. The van der Waals surface area contributed by atoms with Crippen molar-refractivity contribution in [3.63, 3.8) is 0 Å². The highest BCUT2D eigenvalue weighted by Crippen LogP contribution is 2.45. The van der Waals surface area contributed by atoms with Gasteiger partial charge in [0.15, 0.2) is 0 Å². The number of aromatic nitrogens is 2. The maximum Gasteiger partial charge on any atom is 0.0625 e. The molecule has 2 aromatic heterocycles. The number of allylic oxidation sites excluding steroid dienone is 8. The third-order valence-corrected chi connectivity index (χ3v) is 10.4. The second-order valence-electron chi connectivity index (χ2n) is 13.0. The van der Waals surface area contributed by atoms with Gasteiger partial charge in [-0.1, -0.05) is 128 Å². The summed E-state index contributed by atoms with van der Waals surface area (Å²) in [5.41, 5.74) is 11.2. The summed E-state index contributed by atoms with van der Waals surface area (Å²) in [5.74, 6) is 0.809. The summed E-state index contributed by atoms with van der Waals surface area (Å²) in [6.45, 7) is 2.33. The number of benzene rings is 6. The Morgan fingerprint density at radius 1 is 0.553 bits per heavy atom. The second-order valence-corrected chi connectivity index (χ2v) is 13.0. The fourth-order valence-corrected chi connectivity index (χ4v) is 8.19. The van der Waals surface area contributed by atoms with Crippen molar-refractivity contribution in [2.45, 2.75) is 6.92 Å². The van der Waals surface area contributed by atoms with Crippen LogP contribution in [-0.2, 0) is 0 Å². The topological polar surface area (TPSA) is 9.86 Å².